The van der Waals surface area contributed by atoms with Crippen LogP contribution in [0.3, 0.4) is 0 Å². The van der Waals surface area contributed by atoms with Gasteiger partial charge in [0.2, 0.25) is 0 Å². The molecule has 0 aromatic heterocycles. The van der Waals surface area contributed by atoms with Crippen molar-refractivity contribution in [1.29, 1.82) is 5.41 Å². The van der Waals surface area contributed by atoms with E-state index in [2.05, 4.69) is 60.6 Å². The fourth-order valence-electron chi connectivity index (χ4n) is 5.49. The standard InChI is InChI=1S/C33H48N2O3.ClH/c1-10-12-25-17-24(15-22-13-11-14-26(16-22)38-21(2)3)31(34)35(25)20-29(36)23-18-27(32(4,5)6)30(37)28(19-23)33(7,8)9;/h11,13-14,16,18-19,21,24-25,34,37H,10,12,15,17,20H2,1-9H3;1H. The van der Waals surface area contributed by atoms with E-state index in [4.69, 9.17) is 10.1 Å². The number of phenols is 1. The Morgan fingerprint density at radius 1 is 1.08 bits per heavy atom. The molecule has 3 rings (SSSR count). The van der Waals surface area contributed by atoms with Crippen LogP contribution in [-0.4, -0.2) is 40.3 Å². The van der Waals surface area contributed by atoms with Crippen LogP contribution in [0.15, 0.2) is 36.4 Å². The number of ether oxygens (including phenoxy) is 1. The second-order valence-electron chi connectivity index (χ2n) is 13.2. The van der Waals surface area contributed by atoms with E-state index in [0.29, 0.717) is 11.4 Å². The van der Waals surface area contributed by atoms with E-state index in [1.807, 2.05) is 43.0 Å². The summed E-state index contributed by atoms with van der Waals surface area (Å²) in [5.74, 6) is 1.76. The van der Waals surface area contributed by atoms with Crippen LogP contribution in [0.25, 0.3) is 0 Å². The maximum Gasteiger partial charge on any atom is 0.182 e. The monoisotopic (exact) mass is 556 g/mol. The Kier molecular flexibility index (Phi) is 10.7. The van der Waals surface area contributed by atoms with Gasteiger partial charge in [0.25, 0.3) is 0 Å². The van der Waals surface area contributed by atoms with Gasteiger partial charge in [0.15, 0.2) is 5.78 Å². The Hall–Kier alpha value is -2.53. The second-order valence-corrected chi connectivity index (χ2v) is 13.2. The third kappa shape index (κ3) is 8.00. The van der Waals surface area contributed by atoms with Gasteiger partial charge in [-0.2, -0.15) is 0 Å². The van der Waals surface area contributed by atoms with Crippen LogP contribution in [0.2, 0.25) is 0 Å². The molecule has 2 unspecified atom stereocenters. The van der Waals surface area contributed by atoms with Crippen molar-refractivity contribution >= 4 is 24.0 Å². The molecule has 2 aromatic carbocycles. The van der Waals surface area contributed by atoms with E-state index in [-0.39, 0.29) is 59.4 Å². The van der Waals surface area contributed by atoms with Crippen LogP contribution in [-0.2, 0) is 17.3 Å². The second kappa shape index (κ2) is 12.8. The lowest BCUT2D eigenvalue weighted by Crippen LogP contribution is -2.38. The normalized spacial score (nSPS) is 17.9. The van der Waals surface area contributed by atoms with Crippen LogP contribution >= 0.6 is 12.4 Å². The Morgan fingerprint density at radius 3 is 2.18 bits per heavy atom. The van der Waals surface area contributed by atoms with Gasteiger partial charge in [0.1, 0.15) is 11.5 Å². The van der Waals surface area contributed by atoms with E-state index in [1.54, 1.807) is 0 Å². The highest BCUT2D eigenvalue weighted by atomic mass is 35.5. The van der Waals surface area contributed by atoms with E-state index >= 15 is 0 Å². The first kappa shape index (κ1) is 32.7. The zero-order valence-electron chi connectivity index (χ0n) is 25.4. The summed E-state index contributed by atoms with van der Waals surface area (Å²) in [7, 11) is 0. The Morgan fingerprint density at radius 2 is 1.67 bits per heavy atom. The van der Waals surface area contributed by atoms with Crippen LogP contribution in [0.1, 0.15) is 109 Å². The third-order valence-corrected chi connectivity index (χ3v) is 7.43. The molecule has 216 valence electrons. The average Bonchev–Trinajstić information content (AvgIpc) is 3.06. The molecule has 1 aliphatic heterocycles. The van der Waals surface area contributed by atoms with Crippen LogP contribution < -0.4 is 4.74 Å². The number of likely N-dealkylation sites (tertiary alicyclic amines) is 1. The van der Waals surface area contributed by atoms with E-state index in [9.17, 15) is 9.90 Å². The molecule has 2 aromatic rings. The van der Waals surface area contributed by atoms with E-state index in [1.165, 1.54) is 0 Å². The zero-order valence-corrected chi connectivity index (χ0v) is 26.2. The molecule has 0 saturated carbocycles. The minimum Gasteiger partial charge on any atom is -0.507 e. The molecule has 0 radical (unpaired) electrons. The fraction of sp³-hybridized carbons (Fsp3) is 0.576. The number of carbonyl (C=O) groups excluding carboxylic acids is 1. The third-order valence-electron chi connectivity index (χ3n) is 7.43. The number of halogens is 1. The minimum absolute atomic E-state index is 0. The maximum absolute atomic E-state index is 13.7. The number of nitrogens with one attached hydrogen (secondary N) is 1. The number of hydrogen-bond donors (Lipinski definition) is 2. The molecule has 0 amide bonds. The molecule has 0 spiro atoms. The van der Waals surface area contributed by atoms with Gasteiger partial charge < -0.3 is 14.7 Å². The van der Waals surface area contributed by atoms with Crippen LogP contribution in [0, 0.1) is 11.3 Å². The first-order valence-electron chi connectivity index (χ1n) is 14.1. The highest BCUT2D eigenvalue weighted by Gasteiger charge is 2.37. The van der Waals surface area contributed by atoms with Crippen molar-refractivity contribution in [3.05, 3.63) is 58.7 Å². The SMILES string of the molecule is CCCC1CC(Cc2cccc(OC(C)C)c2)C(=N)N1CC(=O)c1cc(C(C)(C)C)c(O)c(C(C)(C)C)c1.Cl. The van der Waals surface area contributed by atoms with Gasteiger partial charge in [-0.15, -0.1) is 12.4 Å². The van der Waals surface area contributed by atoms with Crippen molar-refractivity contribution in [1.82, 2.24) is 4.90 Å². The molecular formula is C33H49ClN2O3. The molecule has 39 heavy (non-hydrogen) atoms. The number of nitrogens with zero attached hydrogens (tertiary/aromatic N) is 1. The molecule has 1 saturated heterocycles. The number of phenolic OH excluding ortho intramolecular Hbond substituents is 1. The number of Topliss-reactive ketones (excluding diaryl/α,β-unsaturated/α-hetero) is 1. The Labute approximate surface area is 242 Å². The van der Waals surface area contributed by atoms with Gasteiger partial charge in [-0.25, -0.2) is 0 Å². The number of aromatic hydroxyl groups is 1. The summed E-state index contributed by atoms with van der Waals surface area (Å²) in [6.07, 6.45) is 3.72. The first-order chi connectivity index (χ1) is 17.6. The van der Waals surface area contributed by atoms with Crippen LogP contribution in [0.4, 0.5) is 0 Å². The molecule has 1 aliphatic rings. The predicted molar refractivity (Wildman–Crippen MR) is 164 cm³/mol. The fourth-order valence-corrected chi connectivity index (χ4v) is 5.49. The summed E-state index contributed by atoms with van der Waals surface area (Å²) in [5, 5.41) is 20.1. The lowest BCUT2D eigenvalue weighted by molar-refractivity contribution is 0.0950. The largest absolute Gasteiger partial charge is 0.507 e. The summed E-state index contributed by atoms with van der Waals surface area (Å²) in [5.41, 5.74) is 2.74. The number of carbonyl (C=O) groups is 1. The topological polar surface area (TPSA) is 73.6 Å². The van der Waals surface area contributed by atoms with E-state index in [0.717, 1.165) is 48.1 Å². The highest BCUT2D eigenvalue weighted by Crippen LogP contribution is 2.40. The number of hydrogen-bond acceptors (Lipinski definition) is 4. The summed E-state index contributed by atoms with van der Waals surface area (Å²) in [6, 6.07) is 12.1. The summed E-state index contributed by atoms with van der Waals surface area (Å²) < 4.78 is 5.88. The molecule has 2 atom stereocenters. The van der Waals surface area contributed by atoms with Gasteiger partial charge in [-0.3, -0.25) is 10.2 Å². The number of ketones is 1. The van der Waals surface area contributed by atoms with Crippen molar-refractivity contribution < 1.29 is 14.6 Å². The number of rotatable bonds is 9. The zero-order chi connectivity index (χ0) is 28.4. The van der Waals surface area contributed by atoms with Gasteiger partial charge in [-0.1, -0.05) is 67.0 Å². The van der Waals surface area contributed by atoms with Gasteiger partial charge in [0.05, 0.1) is 18.5 Å². The maximum atomic E-state index is 13.7. The van der Waals surface area contributed by atoms with Gasteiger partial charge in [-0.05, 0) is 73.8 Å². The Balaban J connectivity index is 0.00000533. The lowest BCUT2D eigenvalue weighted by Gasteiger charge is -2.29. The predicted octanol–water partition coefficient (Wildman–Crippen LogP) is 8.09. The molecule has 0 aliphatic carbocycles. The highest BCUT2D eigenvalue weighted by molar-refractivity contribution is 6.01. The quantitative estimate of drug-likeness (QED) is 0.306. The van der Waals surface area contributed by atoms with Crippen molar-refractivity contribution in [3.63, 3.8) is 0 Å². The molecule has 1 fully saturated rings. The van der Waals surface area contributed by atoms with Crippen LogP contribution in [0.5, 0.6) is 11.5 Å². The first-order valence-corrected chi connectivity index (χ1v) is 14.1. The van der Waals surface area contributed by atoms with Crippen molar-refractivity contribution in [2.75, 3.05) is 6.54 Å². The van der Waals surface area contributed by atoms with Gasteiger partial charge >= 0.3 is 0 Å². The number of amidine groups is 1. The molecule has 2 N–H and O–H groups in total. The molecule has 6 heteroatoms. The Bertz CT molecular complexity index is 1130. The number of benzene rings is 2. The van der Waals surface area contributed by atoms with Gasteiger partial charge in [0, 0.05) is 28.7 Å². The molecule has 0 bridgehead atoms. The van der Waals surface area contributed by atoms with Crippen molar-refractivity contribution in [3.8, 4) is 11.5 Å². The summed E-state index contributed by atoms with van der Waals surface area (Å²) in [4.78, 5) is 15.8. The van der Waals surface area contributed by atoms with E-state index < -0.39 is 0 Å². The summed E-state index contributed by atoms with van der Waals surface area (Å²) >= 11 is 0. The minimum atomic E-state index is -0.301. The summed E-state index contributed by atoms with van der Waals surface area (Å²) in [6.45, 7) is 18.7. The smallest absolute Gasteiger partial charge is 0.182 e. The molecular weight excluding hydrogens is 508 g/mol. The van der Waals surface area contributed by atoms with Crippen molar-refractivity contribution in [2.45, 2.75) is 111 Å². The lowest BCUT2D eigenvalue weighted by atomic mass is 9.78. The molecule has 5 nitrogen and oxygen atoms in total. The molecule has 1 heterocycles. The van der Waals surface area contributed by atoms with Crippen molar-refractivity contribution in [2.24, 2.45) is 5.92 Å². The average molecular weight is 557 g/mol.